The van der Waals surface area contributed by atoms with Gasteiger partial charge in [-0.3, -0.25) is 4.79 Å². The molecule has 144 valence electrons. The molecular formula is C21H15BrF2O4. The number of carbonyl (C=O) groups is 1. The predicted octanol–water partition coefficient (Wildman–Crippen LogP) is 6.12. The molecule has 0 aliphatic rings. The Kier molecular flexibility index (Phi) is 6.60. The van der Waals surface area contributed by atoms with Gasteiger partial charge >= 0.3 is 6.61 Å². The predicted molar refractivity (Wildman–Crippen MR) is 104 cm³/mol. The van der Waals surface area contributed by atoms with Crippen LogP contribution in [-0.4, -0.2) is 12.4 Å². The van der Waals surface area contributed by atoms with Gasteiger partial charge in [0.1, 0.15) is 29.6 Å². The largest absolute Gasteiger partial charge is 0.486 e. The van der Waals surface area contributed by atoms with Crippen molar-refractivity contribution in [3.63, 3.8) is 0 Å². The molecule has 28 heavy (non-hydrogen) atoms. The van der Waals surface area contributed by atoms with Crippen LogP contribution in [0.5, 0.6) is 11.5 Å². The van der Waals surface area contributed by atoms with Crippen LogP contribution in [0.1, 0.15) is 21.9 Å². The van der Waals surface area contributed by atoms with Gasteiger partial charge in [-0.25, -0.2) is 0 Å². The van der Waals surface area contributed by atoms with E-state index in [9.17, 15) is 13.6 Å². The summed E-state index contributed by atoms with van der Waals surface area (Å²) in [4.78, 5) is 12.2. The minimum absolute atomic E-state index is 0.00280. The number of halogens is 3. The summed E-state index contributed by atoms with van der Waals surface area (Å²) >= 11 is 3.36. The Morgan fingerprint density at radius 3 is 2.36 bits per heavy atom. The molecule has 4 nitrogen and oxygen atoms in total. The second-order valence-corrected chi connectivity index (χ2v) is 6.56. The van der Waals surface area contributed by atoms with E-state index in [4.69, 9.17) is 9.15 Å². The molecular weight excluding hydrogens is 434 g/mol. The molecule has 0 saturated carbocycles. The van der Waals surface area contributed by atoms with Crippen molar-refractivity contribution in [3.05, 3.63) is 88.3 Å². The number of hydrogen-bond donors (Lipinski definition) is 0. The van der Waals surface area contributed by atoms with Crippen molar-refractivity contribution >= 4 is 27.8 Å². The number of ketones is 1. The second kappa shape index (κ2) is 9.32. The van der Waals surface area contributed by atoms with Gasteiger partial charge in [0.25, 0.3) is 0 Å². The van der Waals surface area contributed by atoms with Crippen molar-refractivity contribution < 1.29 is 27.5 Å². The zero-order chi connectivity index (χ0) is 19.9. The number of furan rings is 1. The van der Waals surface area contributed by atoms with Crippen molar-refractivity contribution in [3.8, 4) is 11.5 Å². The van der Waals surface area contributed by atoms with Gasteiger partial charge in [-0.2, -0.15) is 8.78 Å². The Bertz CT molecular complexity index is 947. The fraction of sp³-hybridized carbons (Fsp3) is 0.0952. The molecule has 0 unspecified atom stereocenters. The molecule has 2 aromatic carbocycles. The van der Waals surface area contributed by atoms with Crippen molar-refractivity contribution in [1.82, 2.24) is 0 Å². The normalized spacial score (nSPS) is 11.1. The van der Waals surface area contributed by atoms with E-state index in [0.717, 1.165) is 4.47 Å². The molecule has 0 aliphatic carbocycles. The minimum atomic E-state index is -2.90. The quantitative estimate of drug-likeness (QED) is 0.307. The first-order valence-electron chi connectivity index (χ1n) is 8.24. The fourth-order valence-electron chi connectivity index (χ4n) is 2.30. The summed E-state index contributed by atoms with van der Waals surface area (Å²) in [7, 11) is 0. The Labute approximate surface area is 168 Å². The Morgan fingerprint density at radius 2 is 1.68 bits per heavy atom. The van der Waals surface area contributed by atoms with E-state index in [2.05, 4.69) is 20.7 Å². The van der Waals surface area contributed by atoms with E-state index in [0.29, 0.717) is 22.8 Å². The SMILES string of the molecule is O=C(/C=C/c1ccc(COc2ccc(Br)cc2)o1)c1ccc(OC(F)F)cc1. The number of alkyl halides is 2. The number of allylic oxidation sites excluding steroid dienone is 1. The summed E-state index contributed by atoms with van der Waals surface area (Å²) in [5.41, 5.74) is 0.350. The minimum Gasteiger partial charge on any atom is -0.486 e. The van der Waals surface area contributed by atoms with Gasteiger partial charge in [0.2, 0.25) is 0 Å². The third kappa shape index (κ3) is 5.79. The number of ether oxygens (including phenoxy) is 2. The van der Waals surface area contributed by atoms with Crippen LogP contribution >= 0.6 is 15.9 Å². The highest BCUT2D eigenvalue weighted by atomic mass is 79.9. The molecule has 0 aliphatic heterocycles. The van der Waals surface area contributed by atoms with Crippen molar-refractivity contribution in [1.29, 1.82) is 0 Å². The molecule has 1 heterocycles. The van der Waals surface area contributed by atoms with Gasteiger partial charge in [0.15, 0.2) is 5.78 Å². The lowest BCUT2D eigenvalue weighted by Crippen LogP contribution is -2.02. The van der Waals surface area contributed by atoms with Crippen LogP contribution in [0.25, 0.3) is 6.08 Å². The van der Waals surface area contributed by atoms with Gasteiger partial charge in [0, 0.05) is 10.0 Å². The molecule has 0 atom stereocenters. The molecule has 0 radical (unpaired) electrons. The number of benzene rings is 2. The molecule has 0 fully saturated rings. The average Bonchev–Trinajstić information content (AvgIpc) is 3.14. The third-order valence-electron chi connectivity index (χ3n) is 3.64. The van der Waals surface area contributed by atoms with Crippen molar-refractivity contribution in [2.45, 2.75) is 13.2 Å². The highest BCUT2D eigenvalue weighted by molar-refractivity contribution is 9.10. The van der Waals surface area contributed by atoms with Crippen molar-refractivity contribution in [2.75, 3.05) is 0 Å². The Hall–Kier alpha value is -2.93. The van der Waals surface area contributed by atoms with E-state index in [1.54, 1.807) is 12.1 Å². The third-order valence-corrected chi connectivity index (χ3v) is 4.17. The first kappa shape index (κ1) is 19.8. The van der Waals surface area contributed by atoms with E-state index >= 15 is 0 Å². The van der Waals surface area contributed by atoms with Crippen molar-refractivity contribution in [2.24, 2.45) is 0 Å². The molecule has 3 aromatic rings. The smallest absolute Gasteiger partial charge is 0.387 e. The number of rotatable bonds is 8. The lowest BCUT2D eigenvalue weighted by Gasteiger charge is -2.04. The topological polar surface area (TPSA) is 48.7 Å². The highest BCUT2D eigenvalue weighted by Gasteiger charge is 2.07. The summed E-state index contributed by atoms with van der Waals surface area (Å²) < 4.78 is 40.7. The summed E-state index contributed by atoms with van der Waals surface area (Å²) in [6.07, 6.45) is 2.89. The zero-order valence-corrected chi connectivity index (χ0v) is 16.1. The summed E-state index contributed by atoms with van der Waals surface area (Å²) in [5.74, 6) is 1.54. The van der Waals surface area contributed by atoms with Crippen LogP contribution in [-0.2, 0) is 6.61 Å². The molecule has 0 spiro atoms. The zero-order valence-electron chi connectivity index (χ0n) is 14.5. The maximum Gasteiger partial charge on any atom is 0.387 e. The molecule has 0 bridgehead atoms. The van der Waals surface area contributed by atoms with E-state index < -0.39 is 6.61 Å². The van der Waals surface area contributed by atoms with Gasteiger partial charge < -0.3 is 13.9 Å². The monoisotopic (exact) mass is 448 g/mol. The average molecular weight is 449 g/mol. The van der Waals surface area contributed by atoms with Crippen LogP contribution in [0.3, 0.4) is 0 Å². The Balaban J connectivity index is 1.55. The maximum atomic E-state index is 12.2. The summed E-state index contributed by atoms with van der Waals surface area (Å²) in [5, 5.41) is 0. The van der Waals surface area contributed by atoms with Crippen LogP contribution in [0.2, 0.25) is 0 Å². The lowest BCUT2D eigenvalue weighted by molar-refractivity contribution is -0.0498. The van der Waals surface area contributed by atoms with Gasteiger partial charge in [-0.05, 0) is 72.8 Å². The molecule has 7 heteroatoms. The standard InChI is InChI=1S/C21H15BrF2O4/c22-15-3-7-16(8-4-15)26-13-19-10-9-17(27-19)11-12-20(25)14-1-5-18(6-2-14)28-21(23)24/h1-12,21H,13H2/b12-11+. The molecule has 0 N–H and O–H groups in total. The van der Waals surface area contributed by atoms with Crippen LogP contribution in [0.4, 0.5) is 8.78 Å². The molecule has 0 amide bonds. The van der Waals surface area contributed by atoms with Crippen LogP contribution in [0.15, 0.2) is 75.6 Å². The number of carbonyl (C=O) groups excluding carboxylic acids is 1. The second-order valence-electron chi connectivity index (χ2n) is 5.65. The van der Waals surface area contributed by atoms with Crippen LogP contribution < -0.4 is 9.47 Å². The van der Waals surface area contributed by atoms with E-state index in [1.807, 2.05) is 24.3 Å². The molecule has 0 saturated heterocycles. The summed E-state index contributed by atoms with van der Waals surface area (Å²) in [6.45, 7) is -2.64. The maximum absolute atomic E-state index is 12.2. The van der Waals surface area contributed by atoms with Gasteiger partial charge in [0.05, 0.1) is 0 Å². The first-order chi connectivity index (χ1) is 13.5. The van der Waals surface area contributed by atoms with Gasteiger partial charge in [-0.1, -0.05) is 15.9 Å². The first-order valence-corrected chi connectivity index (χ1v) is 9.03. The highest BCUT2D eigenvalue weighted by Crippen LogP contribution is 2.19. The molecule has 1 aromatic heterocycles. The fourth-order valence-corrected chi connectivity index (χ4v) is 2.57. The van der Waals surface area contributed by atoms with Gasteiger partial charge in [-0.15, -0.1) is 0 Å². The van der Waals surface area contributed by atoms with E-state index in [1.165, 1.54) is 36.4 Å². The summed E-state index contributed by atoms with van der Waals surface area (Å²) in [6, 6.07) is 16.4. The number of hydrogen-bond acceptors (Lipinski definition) is 4. The lowest BCUT2D eigenvalue weighted by atomic mass is 10.1. The molecule has 3 rings (SSSR count). The Morgan fingerprint density at radius 1 is 1.00 bits per heavy atom. The van der Waals surface area contributed by atoms with E-state index in [-0.39, 0.29) is 18.1 Å². The van der Waals surface area contributed by atoms with Crippen LogP contribution in [0, 0.1) is 0 Å².